The predicted molar refractivity (Wildman–Crippen MR) is 107 cm³/mol. The fourth-order valence-electron chi connectivity index (χ4n) is 2.24. The van der Waals surface area contributed by atoms with Gasteiger partial charge in [-0.15, -0.1) is 11.8 Å². The highest BCUT2D eigenvalue weighted by Crippen LogP contribution is 2.24. The molecule has 0 bridgehead atoms. The van der Waals surface area contributed by atoms with E-state index in [1.165, 1.54) is 10.5 Å². The number of carbonyl (C=O) groups excluding carboxylic acids is 1. The molecule has 0 aliphatic rings. The van der Waals surface area contributed by atoms with Gasteiger partial charge in [-0.1, -0.05) is 53.5 Å². The van der Waals surface area contributed by atoms with E-state index in [1.807, 2.05) is 42.5 Å². The van der Waals surface area contributed by atoms with Gasteiger partial charge in [0.2, 0.25) is 0 Å². The van der Waals surface area contributed by atoms with Gasteiger partial charge in [0.15, 0.2) is 0 Å². The zero-order chi connectivity index (χ0) is 17.6. The third kappa shape index (κ3) is 5.02. The first-order valence-electron chi connectivity index (χ1n) is 7.65. The summed E-state index contributed by atoms with van der Waals surface area (Å²) in [5.74, 6) is 0.620. The molecule has 0 fully saturated rings. The molecule has 1 N–H and O–H groups in total. The Balaban J connectivity index is 1.61. The lowest BCUT2D eigenvalue weighted by molar-refractivity contribution is 0.102. The Labute approximate surface area is 161 Å². The molecule has 2 nitrogen and oxygen atoms in total. The molecule has 0 spiro atoms. The third-order valence-electron chi connectivity index (χ3n) is 3.54. The van der Waals surface area contributed by atoms with E-state index in [1.54, 1.807) is 30.0 Å². The molecular formula is C20H15Cl2NOS. The SMILES string of the molecule is O=C(Nc1ccc(CSc2ccccc2)cc1)c1ccc(Cl)cc1Cl. The molecule has 1 amide bonds. The minimum atomic E-state index is -0.256. The summed E-state index contributed by atoms with van der Waals surface area (Å²) in [4.78, 5) is 13.5. The summed E-state index contributed by atoms with van der Waals surface area (Å²) in [7, 11) is 0. The van der Waals surface area contributed by atoms with Crippen LogP contribution in [0.5, 0.6) is 0 Å². The highest BCUT2D eigenvalue weighted by Gasteiger charge is 2.11. The van der Waals surface area contributed by atoms with E-state index in [0.717, 1.165) is 11.4 Å². The van der Waals surface area contributed by atoms with Crippen molar-refractivity contribution in [1.82, 2.24) is 0 Å². The zero-order valence-electron chi connectivity index (χ0n) is 13.2. The molecule has 3 aromatic carbocycles. The first-order valence-corrected chi connectivity index (χ1v) is 9.39. The lowest BCUT2D eigenvalue weighted by Crippen LogP contribution is -2.12. The van der Waals surface area contributed by atoms with Crippen molar-refractivity contribution in [1.29, 1.82) is 0 Å². The summed E-state index contributed by atoms with van der Waals surface area (Å²) in [5.41, 5.74) is 2.32. The van der Waals surface area contributed by atoms with Crippen LogP contribution in [0.1, 0.15) is 15.9 Å². The van der Waals surface area contributed by atoms with Gasteiger partial charge in [0.1, 0.15) is 0 Å². The van der Waals surface area contributed by atoms with Crippen molar-refractivity contribution in [2.75, 3.05) is 5.32 Å². The Morgan fingerprint density at radius 1 is 0.920 bits per heavy atom. The molecule has 0 heterocycles. The normalized spacial score (nSPS) is 10.5. The van der Waals surface area contributed by atoms with Crippen LogP contribution < -0.4 is 5.32 Å². The second-order valence-electron chi connectivity index (χ2n) is 5.38. The number of rotatable bonds is 5. The summed E-state index contributed by atoms with van der Waals surface area (Å²) in [5, 5.41) is 3.68. The smallest absolute Gasteiger partial charge is 0.257 e. The van der Waals surface area contributed by atoms with Crippen LogP contribution >= 0.6 is 35.0 Å². The first-order chi connectivity index (χ1) is 12.1. The van der Waals surface area contributed by atoms with Crippen LogP contribution in [0.15, 0.2) is 77.7 Å². The Morgan fingerprint density at radius 2 is 1.64 bits per heavy atom. The number of thioether (sulfide) groups is 1. The van der Waals surface area contributed by atoms with Crippen molar-refractivity contribution in [2.45, 2.75) is 10.6 Å². The molecular weight excluding hydrogens is 373 g/mol. The van der Waals surface area contributed by atoms with Crippen LogP contribution in [0.25, 0.3) is 0 Å². The molecule has 0 unspecified atom stereocenters. The molecule has 0 aromatic heterocycles. The summed E-state index contributed by atoms with van der Waals surface area (Å²) >= 11 is 13.7. The molecule has 3 aromatic rings. The highest BCUT2D eigenvalue weighted by molar-refractivity contribution is 7.98. The van der Waals surface area contributed by atoms with E-state index in [2.05, 4.69) is 17.4 Å². The monoisotopic (exact) mass is 387 g/mol. The molecule has 126 valence electrons. The summed E-state index contributed by atoms with van der Waals surface area (Å²) in [6, 6.07) is 22.9. The summed E-state index contributed by atoms with van der Waals surface area (Å²) in [6.07, 6.45) is 0. The molecule has 5 heteroatoms. The topological polar surface area (TPSA) is 29.1 Å². The number of hydrogen-bond acceptors (Lipinski definition) is 2. The average molecular weight is 388 g/mol. The maximum Gasteiger partial charge on any atom is 0.257 e. The van der Waals surface area contributed by atoms with Crippen LogP contribution in [0, 0.1) is 0 Å². The van der Waals surface area contributed by atoms with Gasteiger partial charge in [-0.05, 0) is 48.0 Å². The van der Waals surface area contributed by atoms with Crippen molar-refractivity contribution in [3.63, 3.8) is 0 Å². The molecule has 0 atom stereocenters. The number of benzene rings is 3. The maximum atomic E-state index is 12.3. The molecule has 0 radical (unpaired) electrons. The number of nitrogens with one attached hydrogen (secondary N) is 1. The molecule has 0 aliphatic heterocycles. The Hall–Kier alpha value is -1.94. The molecule has 25 heavy (non-hydrogen) atoms. The quantitative estimate of drug-likeness (QED) is 0.503. The van der Waals surface area contributed by atoms with Crippen molar-refractivity contribution >= 4 is 46.6 Å². The van der Waals surface area contributed by atoms with Gasteiger partial charge in [-0.3, -0.25) is 4.79 Å². The van der Waals surface area contributed by atoms with E-state index < -0.39 is 0 Å². The lowest BCUT2D eigenvalue weighted by Gasteiger charge is -2.08. The van der Waals surface area contributed by atoms with Gasteiger partial charge >= 0.3 is 0 Å². The number of halogens is 2. The molecule has 3 rings (SSSR count). The highest BCUT2D eigenvalue weighted by atomic mass is 35.5. The van der Waals surface area contributed by atoms with Gasteiger partial charge in [-0.2, -0.15) is 0 Å². The molecule has 0 saturated heterocycles. The first kappa shape index (κ1) is 17.9. The number of anilines is 1. The van der Waals surface area contributed by atoms with E-state index in [9.17, 15) is 4.79 Å². The molecule has 0 aliphatic carbocycles. The van der Waals surface area contributed by atoms with Gasteiger partial charge in [0.25, 0.3) is 5.91 Å². The summed E-state index contributed by atoms with van der Waals surface area (Å²) < 4.78 is 0. The van der Waals surface area contributed by atoms with E-state index in [4.69, 9.17) is 23.2 Å². The van der Waals surface area contributed by atoms with Crippen molar-refractivity contribution in [3.8, 4) is 0 Å². The van der Waals surface area contributed by atoms with Crippen LogP contribution in [-0.4, -0.2) is 5.91 Å². The Morgan fingerprint density at radius 3 is 2.32 bits per heavy atom. The Kier molecular flexibility index (Phi) is 6.03. The van der Waals surface area contributed by atoms with Gasteiger partial charge in [0.05, 0.1) is 10.6 Å². The molecule has 0 saturated carbocycles. The van der Waals surface area contributed by atoms with Crippen molar-refractivity contribution in [3.05, 3.63) is 94.0 Å². The van der Waals surface area contributed by atoms with Crippen LogP contribution in [0.4, 0.5) is 5.69 Å². The number of amides is 1. The van der Waals surface area contributed by atoms with Gasteiger partial charge < -0.3 is 5.32 Å². The van der Waals surface area contributed by atoms with Gasteiger partial charge in [0, 0.05) is 21.4 Å². The number of carbonyl (C=O) groups is 1. The minimum absolute atomic E-state index is 0.256. The lowest BCUT2D eigenvalue weighted by atomic mass is 10.2. The Bertz CT molecular complexity index is 867. The predicted octanol–water partition coefficient (Wildman–Crippen LogP) is 6.54. The van der Waals surface area contributed by atoms with E-state index >= 15 is 0 Å². The van der Waals surface area contributed by atoms with Crippen LogP contribution in [0.2, 0.25) is 10.0 Å². The second kappa shape index (κ2) is 8.43. The number of hydrogen-bond donors (Lipinski definition) is 1. The van der Waals surface area contributed by atoms with E-state index in [0.29, 0.717) is 15.6 Å². The summed E-state index contributed by atoms with van der Waals surface area (Å²) in [6.45, 7) is 0. The minimum Gasteiger partial charge on any atom is -0.322 e. The van der Waals surface area contributed by atoms with Crippen molar-refractivity contribution in [2.24, 2.45) is 0 Å². The van der Waals surface area contributed by atoms with E-state index in [-0.39, 0.29) is 5.91 Å². The maximum absolute atomic E-state index is 12.3. The van der Waals surface area contributed by atoms with Crippen LogP contribution in [-0.2, 0) is 5.75 Å². The fraction of sp³-hybridized carbons (Fsp3) is 0.0500. The van der Waals surface area contributed by atoms with Crippen molar-refractivity contribution < 1.29 is 4.79 Å². The average Bonchev–Trinajstić information content (AvgIpc) is 2.62. The van der Waals surface area contributed by atoms with Crippen LogP contribution in [0.3, 0.4) is 0 Å². The fourth-order valence-corrected chi connectivity index (χ4v) is 3.61. The largest absolute Gasteiger partial charge is 0.322 e. The standard InChI is InChI=1S/C20H15Cl2NOS/c21-15-8-11-18(19(22)12-15)20(24)23-16-9-6-14(7-10-16)13-25-17-4-2-1-3-5-17/h1-12H,13H2,(H,23,24). The second-order valence-corrected chi connectivity index (χ2v) is 7.27. The zero-order valence-corrected chi connectivity index (χ0v) is 15.5. The third-order valence-corrected chi connectivity index (χ3v) is 5.17. The van der Waals surface area contributed by atoms with Gasteiger partial charge in [-0.25, -0.2) is 0 Å².